The van der Waals surface area contributed by atoms with Crippen LogP contribution in [0.4, 0.5) is 19.4 Å². The van der Waals surface area contributed by atoms with Gasteiger partial charge in [0.1, 0.15) is 29.9 Å². The van der Waals surface area contributed by atoms with Crippen molar-refractivity contribution in [2.45, 2.75) is 128 Å². The summed E-state index contributed by atoms with van der Waals surface area (Å²) in [4.78, 5) is 31.4. The van der Waals surface area contributed by atoms with E-state index in [4.69, 9.17) is 24.3 Å². The van der Waals surface area contributed by atoms with Crippen LogP contribution in [0.3, 0.4) is 0 Å². The third-order valence-electron chi connectivity index (χ3n) is 10.1. The summed E-state index contributed by atoms with van der Waals surface area (Å²) in [5.41, 5.74) is 3.16. The molecular weight excluding hydrogens is 757 g/mol. The van der Waals surface area contributed by atoms with E-state index >= 15 is 0 Å². The van der Waals surface area contributed by atoms with Crippen LogP contribution in [0.25, 0.3) is 27.5 Å². The minimum atomic E-state index is -2.57. The average molecular weight is 814 g/mol. The molecule has 0 radical (unpaired) electrons. The number of carbonyl (C=O) groups is 1. The SMILES string of the molecule is CC(C)(C)OC(=O)N1C2CCC1CC(c1cc(N(COCC[Si](C)(C)C)COCC[Si](C)(C)C)n3ncc(-c4ccc(-c5ncc(C(F)F)s5)nc4)c3n1)C2. The molecule has 6 rings (SSSR count). The van der Waals surface area contributed by atoms with Gasteiger partial charge in [0.2, 0.25) is 0 Å². The van der Waals surface area contributed by atoms with E-state index in [1.165, 1.54) is 6.20 Å². The van der Waals surface area contributed by atoms with Gasteiger partial charge in [-0.2, -0.15) is 9.61 Å². The predicted octanol–water partition coefficient (Wildman–Crippen LogP) is 9.93. The van der Waals surface area contributed by atoms with Gasteiger partial charge in [-0.1, -0.05) is 45.3 Å². The highest BCUT2D eigenvalue weighted by Gasteiger charge is 2.45. The van der Waals surface area contributed by atoms with Crippen LogP contribution in [-0.4, -0.2) is 96.1 Å². The number of rotatable bonds is 15. The zero-order valence-electron chi connectivity index (χ0n) is 33.8. The van der Waals surface area contributed by atoms with Gasteiger partial charge in [-0.15, -0.1) is 11.3 Å². The van der Waals surface area contributed by atoms with Gasteiger partial charge < -0.3 is 24.0 Å². The van der Waals surface area contributed by atoms with E-state index < -0.39 is 28.2 Å². The van der Waals surface area contributed by atoms with Crippen molar-refractivity contribution in [3.8, 4) is 21.8 Å². The van der Waals surface area contributed by atoms with Crippen LogP contribution in [-0.2, 0) is 14.2 Å². The lowest BCUT2D eigenvalue weighted by molar-refractivity contribution is 0.00568. The maximum atomic E-state index is 13.3. The van der Waals surface area contributed by atoms with Gasteiger partial charge >= 0.3 is 6.09 Å². The molecule has 1 amide bonds. The molecule has 0 N–H and O–H groups in total. The maximum absolute atomic E-state index is 13.3. The minimum Gasteiger partial charge on any atom is -0.444 e. The molecule has 2 aliphatic rings. The van der Waals surface area contributed by atoms with Crippen molar-refractivity contribution in [3.63, 3.8) is 0 Å². The lowest BCUT2D eigenvalue weighted by Gasteiger charge is -2.39. The second-order valence-corrected chi connectivity index (χ2v) is 30.6. The molecule has 4 aromatic heterocycles. The summed E-state index contributed by atoms with van der Waals surface area (Å²) in [6, 6.07) is 8.08. The number of thiazole rings is 1. The van der Waals surface area contributed by atoms with Gasteiger partial charge in [0.25, 0.3) is 6.43 Å². The van der Waals surface area contributed by atoms with Crippen molar-refractivity contribution in [2.24, 2.45) is 0 Å². The third-order valence-corrected chi connectivity index (χ3v) is 14.5. The van der Waals surface area contributed by atoms with E-state index in [0.717, 1.165) is 71.7 Å². The van der Waals surface area contributed by atoms with E-state index in [0.29, 0.717) is 43.0 Å². The maximum Gasteiger partial charge on any atom is 0.410 e. The number of hydrogen-bond acceptors (Lipinski definition) is 10. The number of carbonyl (C=O) groups excluding carboxylic acids is 1. The minimum absolute atomic E-state index is 0.0727. The highest BCUT2D eigenvalue weighted by atomic mass is 32.1. The van der Waals surface area contributed by atoms with E-state index in [9.17, 15) is 13.6 Å². The number of piperidine rings is 1. The third kappa shape index (κ3) is 10.6. The first-order valence-electron chi connectivity index (χ1n) is 19.4. The summed E-state index contributed by atoms with van der Waals surface area (Å²) >= 11 is 0.941. The summed E-state index contributed by atoms with van der Waals surface area (Å²) < 4.78 is 46.9. The number of alkyl halides is 2. The Bertz CT molecular complexity index is 1890. The molecule has 2 bridgehead atoms. The summed E-state index contributed by atoms with van der Waals surface area (Å²) in [6.45, 7) is 21.8. The van der Waals surface area contributed by atoms with Gasteiger partial charge in [0, 0.05) is 82.6 Å². The second-order valence-electron chi connectivity index (χ2n) is 18.3. The summed E-state index contributed by atoms with van der Waals surface area (Å²) in [6.07, 6.45) is 5.36. The van der Waals surface area contributed by atoms with E-state index in [1.807, 2.05) is 36.3 Å². The first kappa shape index (κ1) is 41.3. The standard InChI is InChI=1S/C39H57F2N7O4SSi2/c1-39(2,3)52-38(49)47-28-11-12-29(47)19-27(18-28)32-20-34(46(24-50-14-16-54(4,5)6)25-51-15-17-55(7,8)9)48-36(45-32)30(22-44-48)26-10-13-31(42-21-26)37-43-23-33(53-37)35(40)41/h10,13,20-23,27-29,35H,11-12,14-19,24-25H2,1-9H3. The van der Waals surface area contributed by atoms with Gasteiger partial charge in [-0.3, -0.25) is 4.98 Å². The predicted molar refractivity (Wildman–Crippen MR) is 220 cm³/mol. The number of aromatic nitrogens is 5. The van der Waals surface area contributed by atoms with Gasteiger partial charge in [0.05, 0.1) is 16.8 Å². The lowest BCUT2D eigenvalue weighted by Crippen LogP contribution is -2.48. The Balaban J connectivity index is 1.36. The molecule has 2 atom stereocenters. The normalized spacial score (nSPS) is 19.1. The molecule has 4 aromatic rings. The molecular formula is C39H57F2N7O4SSi2. The van der Waals surface area contributed by atoms with Crippen molar-refractivity contribution < 1.29 is 27.8 Å². The molecule has 2 fully saturated rings. The van der Waals surface area contributed by atoms with Gasteiger partial charge in [0.15, 0.2) is 5.65 Å². The fraction of sp³-hybridized carbons (Fsp3) is 0.615. The van der Waals surface area contributed by atoms with Crippen LogP contribution >= 0.6 is 11.3 Å². The Morgan fingerprint density at radius 1 is 0.945 bits per heavy atom. The summed E-state index contributed by atoms with van der Waals surface area (Å²) in [5.74, 6) is 0.931. The number of pyridine rings is 1. The Labute approximate surface area is 329 Å². The average Bonchev–Trinajstić information content (AvgIpc) is 3.82. The van der Waals surface area contributed by atoms with Crippen LogP contribution in [0.1, 0.15) is 69.4 Å². The molecule has 2 saturated heterocycles. The first-order chi connectivity index (χ1) is 25.8. The zero-order valence-corrected chi connectivity index (χ0v) is 36.6. The van der Waals surface area contributed by atoms with E-state index in [-0.39, 0.29) is 29.0 Å². The summed E-state index contributed by atoms with van der Waals surface area (Å²) in [5, 5.41) is 5.32. The molecule has 2 aliphatic heterocycles. The zero-order chi connectivity index (χ0) is 39.7. The smallest absolute Gasteiger partial charge is 0.410 e. The number of hydrogen-bond donors (Lipinski definition) is 0. The Hall–Kier alpha value is -3.32. The van der Waals surface area contributed by atoms with Crippen LogP contribution in [0, 0.1) is 0 Å². The topological polar surface area (TPSA) is 107 Å². The second kappa shape index (κ2) is 16.7. The highest BCUT2D eigenvalue weighted by molar-refractivity contribution is 7.15. The quantitative estimate of drug-likeness (QED) is 0.0659. The molecule has 0 saturated carbocycles. The molecule has 55 heavy (non-hydrogen) atoms. The largest absolute Gasteiger partial charge is 0.444 e. The van der Waals surface area contributed by atoms with Crippen molar-refractivity contribution in [1.82, 2.24) is 29.5 Å². The van der Waals surface area contributed by atoms with Crippen LogP contribution in [0.2, 0.25) is 51.4 Å². The summed E-state index contributed by atoms with van der Waals surface area (Å²) in [7, 11) is -2.62. The fourth-order valence-electron chi connectivity index (χ4n) is 7.10. The first-order valence-corrected chi connectivity index (χ1v) is 27.6. The monoisotopic (exact) mass is 813 g/mol. The van der Waals surface area contributed by atoms with E-state index in [2.05, 4.69) is 60.2 Å². The number of halogens is 2. The van der Waals surface area contributed by atoms with Crippen LogP contribution < -0.4 is 4.90 Å². The number of nitrogens with zero attached hydrogens (tertiary/aromatic N) is 7. The molecule has 2 unspecified atom stereocenters. The molecule has 0 spiro atoms. The van der Waals surface area contributed by atoms with Crippen LogP contribution in [0.15, 0.2) is 36.8 Å². The number of anilines is 1. The molecule has 11 nitrogen and oxygen atoms in total. The molecule has 300 valence electrons. The Kier molecular flexibility index (Phi) is 12.5. The van der Waals surface area contributed by atoms with E-state index in [1.54, 1.807) is 18.5 Å². The highest BCUT2D eigenvalue weighted by Crippen LogP contribution is 2.44. The number of fused-ring (bicyclic) bond motifs is 3. The van der Waals surface area contributed by atoms with Gasteiger partial charge in [-0.25, -0.2) is 23.5 Å². The lowest BCUT2D eigenvalue weighted by atomic mass is 9.88. The van der Waals surface area contributed by atoms with Crippen molar-refractivity contribution in [1.29, 1.82) is 0 Å². The molecule has 0 aliphatic carbocycles. The Morgan fingerprint density at radius 2 is 1.58 bits per heavy atom. The number of amides is 1. The molecule has 16 heteroatoms. The number of ether oxygens (including phenoxy) is 3. The molecule has 0 aromatic carbocycles. The fourth-order valence-corrected chi connectivity index (χ4v) is 9.36. The molecule has 6 heterocycles. The Morgan fingerprint density at radius 3 is 2.11 bits per heavy atom. The van der Waals surface area contributed by atoms with Crippen molar-refractivity contribution in [3.05, 3.63) is 47.4 Å². The van der Waals surface area contributed by atoms with Gasteiger partial charge in [-0.05, 0) is 64.6 Å². The van der Waals surface area contributed by atoms with Crippen LogP contribution in [0.5, 0.6) is 0 Å². The van der Waals surface area contributed by atoms with Crippen molar-refractivity contribution >= 4 is 45.0 Å². The van der Waals surface area contributed by atoms with Crippen molar-refractivity contribution in [2.75, 3.05) is 31.6 Å².